The van der Waals surface area contributed by atoms with Gasteiger partial charge in [0.05, 0.1) is 0 Å². The Morgan fingerprint density at radius 2 is 1.92 bits per heavy atom. The number of methoxy groups -OCH3 is 1. The first-order chi connectivity index (χ1) is 5.64. The van der Waals surface area contributed by atoms with Gasteiger partial charge in [-0.25, -0.2) is 0 Å². The summed E-state index contributed by atoms with van der Waals surface area (Å²) in [5.41, 5.74) is 2.00. The summed E-state index contributed by atoms with van der Waals surface area (Å²) in [4.78, 5) is 0. The van der Waals surface area contributed by atoms with Crippen molar-refractivity contribution in [1.82, 2.24) is 0 Å². The molecule has 12 heavy (non-hydrogen) atoms. The van der Waals surface area contributed by atoms with Crippen LogP contribution in [0.3, 0.4) is 0 Å². The third kappa shape index (κ3) is 3.09. The second-order valence-corrected chi connectivity index (χ2v) is 7.08. The van der Waals surface area contributed by atoms with Crippen molar-refractivity contribution in [2.24, 2.45) is 0 Å². The minimum Gasteiger partial charge on any atom is -0.389 e. The average Bonchev–Trinajstić information content (AvgIpc) is 2.14. The highest BCUT2D eigenvalue weighted by atomic mass is 28.4. The van der Waals surface area contributed by atoms with Crippen LogP contribution in [0.25, 0.3) is 0 Å². The molecule has 0 aromatic carbocycles. The fraction of sp³-hybridized carbons (Fsp3) is 0.778. The Labute approximate surface area is 76.7 Å². The van der Waals surface area contributed by atoms with Crippen LogP contribution in [-0.4, -0.2) is 21.7 Å². The minimum absolute atomic E-state index is 0.102. The van der Waals surface area contributed by atoms with Gasteiger partial charge in [-0.1, -0.05) is 19.5 Å². The molecule has 0 aliphatic heterocycles. The van der Waals surface area contributed by atoms with E-state index in [1.165, 1.54) is 0 Å². The third-order valence-corrected chi connectivity index (χ3v) is 6.24. The molecule has 0 fully saturated rings. The highest BCUT2D eigenvalue weighted by Crippen LogP contribution is 2.19. The van der Waals surface area contributed by atoms with Gasteiger partial charge in [0.15, 0.2) is 0 Å². The van der Waals surface area contributed by atoms with Gasteiger partial charge in [0.25, 0.3) is 0 Å². The Hall–Kier alpha value is -0.123. The zero-order chi connectivity index (χ0) is 9.61. The lowest BCUT2D eigenvalue weighted by atomic mass is 10.8. The molecule has 0 saturated heterocycles. The van der Waals surface area contributed by atoms with Crippen molar-refractivity contribution < 1.29 is 9.16 Å². The van der Waals surface area contributed by atoms with Crippen molar-refractivity contribution in [1.29, 1.82) is 0 Å². The molecule has 0 spiro atoms. The molecule has 0 rings (SSSR count). The zero-order valence-electron chi connectivity index (χ0n) is 8.59. The minimum atomic E-state index is -1.66. The molecule has 0 bridgehead atoms. The van der Waals surface area contributed by atoms with Crippen LogP contribution in [-0.2, 0) is 9.16 Å². The maximum absolute atomic E-state index is 5.83. The summed E-state index contributed by atoms with van der Waals surface area (Å²) in [7, 11) is 0.00235. The standard InChI is InChI=1S/C9H20O2Si/c1-6-12(7-2,8-3)11-9(4)10-5/h6,9H,1,7-8H2,2-5H3. The molecule has 0 aromatic rings. The number of rotatable bonds is 6. The van der Waals surface area contributed by atoms with Gasteiger partial charge >= 0.3 is 0 Å². The Bertz CT molecular complexity index is 132. The van der Waals surface area contributed by atoms with Gasteiger partial charge in [-0.15, -0.1) is 6.58 Å². The van der Waals surface area contributed by atoms with E-state index < -0.39 is 8.32 Å². The van der Waals surface area contributed by atoms with Gasteiger partial charge in [0.2, 0.25) is 8.32 Å². The van der Waals surface area contributed by atoms with Crippen LogP contribution in [0, 0.1) is 0 Å². The molecule has 2 nitrogen and oxygen atoms in total. The lowest BCUT2D eigenvalue weighted by Gasteiger charge is -2.28. The van der Waals surface area contributed by atoms with E-state index in [0.29, 0.717) is 0 Å². The molecule has 0 heterocycles. The van der Waals surface area contributed by atoms with E-state index in [2.05, 4.69) is 20.4 Å². The van der Waals surface area contributed by atoms with Crippen molar-refractivity contribution in [3.8, 4) is 0 Å². The molecule has 0 saturated carbocycles. The van der Waals surface area contributed by atoms with E-state index in [4.69, 9.17) is 9.16 Å². The van der Waals surface area contributed by atoms with Crippen molar-refractivity contribution in [3.05, 3.63) is 12.3 Å². The number of hydrogen-bond donors (Lipinski definition) is 0. The molecule has 1 atom stereocenters. The molecule has 0 N–H and O–H groups in total. The molecular weight excluding hydrogens is 168 g/mol. The predicted octanol–water partition coefficient (Wildman–Crippen LogP) is 2.71. The van der Waals surface area contributed by atoms with Crippen molar-refractivity contribution in [2.75, 3.05) is 7.11 Å². The van der Waals surface area contributed by atoms with Crippen LogP contribution in [0.15, 0.2) is 12.3 Å². The molecule has 0 amide bonds. The van der Waals surface area contributed by atoms with Crippen molar-refractivity contribution in [3.63, 3.8) is 0 Å². The van der Waals surface area contributed by atoms with Crippen molar-refractivity contribution in [2.45, 2.75) is 39.1 Å². The van der Waals surface area contributed by atoms with Gasteiger partial charge in [0, 0.05) is 7.11 Å². The molecule has 0 aromatic heterocycles. The quantitative estimate of drug-likeness (QED) is 0.471. The highest BCUT2D eigenvalue weighted by Gasteiger charge is 2.29. The molecular formula is C9H20O2Si. The predicted molar refractivity (Wildman–Crippen MR) is 54.5 cm³/mol. The Balaban J connectivity index is 4.19. The first-order valence-electron chi connectivity index (χ1n) is 4.48. The first kappa shape index (κ1) is 11.9. The van der Waals surface area contributed by atoms with Crippen LogP contribution in [0.5, 0.6) is 0 Å². The van der Waals surface area contributed by atoms with Crippen LogP contribution in [0.1, 0.15) is 20.8 Å². The number of ether oxygens (including phenoxy) is 1. The third-order valence-electron chi connectivity index (χ3n) is 2.30. The van der Waals surface area contributed by atoms with E-state index in [1.807, 2.05) is 12.6 Å². The smallest absolute Gasteiger partial charge is 0.219 e. The van der Waals surface area contributed by atoms with E-state index in [-0.39, 0.29) is 6.29 Å². The van der Waals surface area contributed by atoms with E-state index >= 15 is 0 Å². The second kappa shape index (κ2) is 5.51. The van der Waals surface area contributed by atoms with Crippen LogP contribution in [0.2, 0.25) is 12.1 Å². The summed E-state index contributed by atoms with van der Waals surface area (Å²) in [5.74, 6) is 0. The summed E-state index contributed by atoms with van der Waals surface area (Å²) in [6.07, 6.45) is -0.102. The zero-order valence-corrected chi connectivity index (χ0v) is 9.59. The lowest BCUT2D eigenvalue weighted by molar-refractivity contribution is -0.0447. The first-order valence-corrected chi connectivity index (χ1v) is 6.88. The summed E-state index contributed by atoms with van der Waals surface area (Å²) in [5, 5.41) is 0. The monoisotopic (exact) mass is 188 g/mol. The fourth-order valence-electron chi connectivity index (χ4n) is 1.13. The molecule has 1 unspecified atom stereocenters. The summed E-state index contributed by atoms with van der Waals surface area (Å²) in [6, 6.07) is 2.14. The maximum Gasteiger partial charge on any atom is 0.219 e. The average molecular weight is 188 g/mol. The molecule has 3 heteroatoms. The largest absolute Gasteiger partial charge is 0.389 e. The van der Waals surface area contributed by atoms with Gasteiger partial charge < -0.3 is 9.16 Å². The molecule has 0 aliphatic rings. The van der Waals surface area contributed by atoms with E-state index in [0.717, 1.165) is 12.1 Å². The summed E-state index contributed by atoms with van der Waals surface area (Å²) in [6.45, 7) is 10.1. The van der Waals surface area contributed by atoms with Crippen LogP contribution >= 0.6 is 0 Å². The van der Waals surface area contributed by atoms with Crippen LogP contribution < -0.4 is 0 Å². The topological polar surface area (TPSA) is 18.5 Å². The van der Waals surface area contributed by atoms with Crippen LogP contribution in [0.4, 0.5) is 0 Å². The molecule has 0 aliphatic carbocycles. The van der Waals surface area contributed by atoms with E-state index in [1.54, 1.807) is 7.11 Å². The SMILES string of the molecule is C=C[Si](CC)(CC)OC(C)OC. The van der Waals surface area contributed by atoms with Gasteiger partial charge in [0.1, 0.15) is 6.29 Å². The maximum atomic E-state index is 5.83. The van der Waals surface area contributed by atoms with Gasteiger partial charge in [-0.05, 0) is 19.0 Å². The highest BCUT2D eigenvalue weighted by molar-refractivity contribution is 6.78. The number of hydrogen-bond acceptors (Lipinski definition) is 2. The lowest BCUT2D eigenvalue weighted by Crippen LogP contribution is -2.38. The summed E-state index contributed by atoms with van der Waals surface area (Å²) >= 11 is 0. The van der Waals surface area contributed by atoms with E-state index in [9.17, 15) is 0 Å². The van der Waals surface area contributed by atoms with Crippen molar-refractivity contribution >= 4 is 8.32 Å². The summed E-state index contributed by atoms with van der Waals surface area (Å²) < 4.78 is 10.9. The Morgan fingerprint density at radius 1 is 1.42 bits per heavy atom. The van der Waals surface area contributed by atoms with Gasteiger partial charge in [-0.3, -0.25) is 0 Å². The second-order valence-electron chi connectivity index (χ2n) is 2.90. The normalized spacial score (nSPS) is 14.3. The Kier molecular flexibility index (Phi) is 5.45. The molecule has 0 radical (unpaired) electrons. The Morgan fingerprint density at radius 3 is 2.17 bits per heavy atom. The van der Waals surface area contributed by atoms with Gasteiger partial charge in [-0.2, -0.15) is 0 Å². The fourth-order valence-corrected chi connectivity index (χ4v) is 3.40. The molecule has 72 valence electrons.